The molecule has 0 bridgehead atoms. The second-order valence-corrected chi connectivity index (χ2v) is 9.19. The minimum atomic E-state index is -0.362. The van der Waals surface area contributed by atoms with E-state index in [0.29, 0.717) is 11.3 Å². The maximum atomic E-state index is 12.8. The quantitative estimate of drug-likeness (QED) is 0.273. The highest BCUT2D eigenvalue weighted by atomic mass is 32.1. The molecular weight excluding hydrogens is 442 g/mol. The van der Waals surface area contributed by atoms with Gasteiger partial charge in [0.1, 0.15) is 0 Å². The first kappa shape index (κ1) is 23.6. The zero-order valence-electron chi connectivity index (χ0n) is 19.6. The van der Waals surface area contributed by atoms with E-state index in [1.807, 2.05) is 66.9 Å². The van der Waals surface area contributed by atoms with Crippen LogP contribution >= 0.6 is 11.3 Å². The molecule has 6 nitrogen and oxygen atoms in total. The first-order valence-corrected chi connectivity index (χ1v) is 12.2. The summed E-state index contributed by atoms with van der Waals surface area (Å²) in [6.07, 6.45) is 5.23. The Balaban J connectivity index is 1.47. The molecule has 0 saturated carbocycles. The second-order valence-electron chi connectivity index (χ2n) is 8.33. The Labute approximate surface area is 204 Å². The van der Waals surface area contributed by atoms with Gasteiger partial charge in [0, 0.05) is 45.8 Å². The fourth-order valence-electron chi connectivity index (χ4n) is 3.74. The minimum absolute atomic E-state index is 0.162. The van der Waals surface area contributed by atoms with Crippen LogP contribution in [0.15, 0.2) is 72.4 Å². The Morgan fingerprint density at radius 1 is 1.09 bits per heavy atom. The highest BCUT2D eigenvalue weighted by Crippen LogP contribution is 2.30. The Kier molecular flexibility index (Phi) is 7.05. The molecule has 0 saturated heterocycles. The van der Waals surface area contributed by atoms with Gasteiger partial charge in [0.05, 0.1) is 5.69 Å². The van der Waals surface area contributed by atoms with Crippen LogP contribution in [0.25, 0.3) is 11.3 Å². The number of aryl methyl sites for hydroxylation is 1. The standard InChI is InChI=1S/C27H29N5OS/c1-4-27(28,5-2)21-11-9-19(10-12-21)25(33)30-22-13-8-18(3)23(15-22)31-26-32-24(17-34-26)20-7-6-14-29-16-20/h6-17H,4-5,28H2,1-3H3,(H,30,33)(H,31,32). The van der Waals surface area contributed by atoms with Gasteiger partial charge in [-0.2, -0.15) is 0 Å². The summed E-state index contributed by atoms with van der Waals surface area (Å²) in [5, 5.41) is 9.14. The average molecular weight is 472 g/mol. The molecule has 2 aromatic heterocycles. The van der Waals surface area contributed by atoms with E-state index in [1.165, 1.54) is 11.3 Å². The number of anilines is 3. The number of nitrogens with two attached hydrogens (primary N) is 1. The molecule has 0 unspecified atom stereocenters. The molecule has 2 heterocycles. The van der Waals surface area contributed by atoms with Crippen LogP contribution in [0.3, 0.4) is 0 Å². The molecular formula is C27H29N5OS. The van der Waals surface area contributed by atoms with Crippen molar-refractivity contribution >= 4 is 33.8 Å². The van der Waals surface area contributed by atoms with Gasteiger partial charge < -0.3 is 16.4 Å². The molecule has 0 spiro atoms. The van der Waals surface area contributed by atoms with Gasteiger partial charge in [0.25, 0.3) is 5.91 Å². The summed E-state index contributed by atoms with van der Waals surface area (Å²) < 4.78 is 0. The van der Waals surface area contributed by atoms with E-state index in [1.54, 1.807) is 12.4 Å². The summed E-state index contributed by atoms with van der Waals surface area (Å²) in [5.41, 5.74) is 12.3. The molecule has 0 aliphatic heterocycles. The molecule has 2 aromatic carbocycles. The van der Waals surface area contributed by atoms with Crippen LogP contribution in [0.4, 0.5) is 16.5 Å². The van der Waals surface area contributed by atoms with Crippen molar-refractivity contribution in [2.24, 2.45) is 5.73 Å². The number of carbonyl (C=O) groups excluding carboxylic acids is 1. The SMILES string of the molecule is CCC(N)(CC)c1ccc(C(=O)Nc2ccc(C)c(Nc3nc(-c4cccnc4)cs3)c2)cc1. The lowest BCUT2D eigenvalue weighted by molar-refractivity contribution is 0.102. The molecule has 0 fully saturated rings. The molecule has 7 heteroatoms. The summed E-state index contributed by atoms with van der Waals surface area (Å²) in [6.45, 7) is 6.18. The van der Waals surface area contributed by atoms with Crippen molar-refractivity contribution in [2.75, 3.05) is 10.6 Å². The monoisotopic (exact) mass is 471 g/mol. The van der Waals surface area contributed by atoms with Crippen LogP contribution in [0, 0.1) is 6.92 Å². The Morgan fingerprint density at radius 2 is 1.85 bits per heavy atom. The van der Waals surface area contributed by atoms with E-state index >= 15 is 0 Å². The van der Waals surface area contributed by atoms with Crippen molar-refractivity contribution in [1.82, 2.24) is 9.97 Å². The molecule has 0 aliphatic rings. The van der Waals surface area contributed by atoms with E-state index in [2.05, 4.69) is 34.4 Å². The Bertz CT molecular complexity index is 1260. The Morgan fingerprint density at radius 3 is 2.53 bits per heavy atom. The fourth-order valence-corrected chi connectivity index (χ4v) is 4.47. The van der Waals surface area contributed by atoms with Gasteiger partial charge in [-0.15, -0.1) is 11.3 Å². The first-order chi connectivity index (χ1) is 16.4. The molecule has 0 aliphatic carbocycles. The molecule has 4 N–H and O–H groups in total. The van der Waals surface area contributed by atoms with Crippen LogP contribution in [-0.2, 0) is 5.54 Å². The van der Waals surface area contributed by atoms with E-state index < -0.39 is 0 Å². The van der Waals surface area contributed by atoms with Crippen molar-refractivity contribution in [1.29, 1.82) is 0 Å². The topological polar surface area (TPSA) is 92.9 Å². The predicted molar refractivity (Wildman–Crippen MR) is 141 cm³/mol. The average Bonchev–Trinajstić information content (AvgIpc) is 3.35. The lowest BCUT2D eigenvalue weighted by Crippen LogP contribution is -2.35. The van der Waals surface area contributed by atoms with Gasteiger partial charge in [0.15, 0.2) is 5.13 Å². The van der Waals surface area contributed by atoms with Crippen molar-refractivity contribution in [3.8, 4) is 11.3 Å². The number of aromatic nitrogens is 2. The number of hydrogen-bond acceptors (Lipinski definition) is 6. The van der Waals surface area contributed by atoms with Gasteiger partial charge in [-0.25, -0.2) is 4.98 Å². The molecule has 174 valence electrons. The third-order valence-electron chi connectivity index (χ3n) is 6.18. The zero-order chi connectivity index (χ0) is 24.1. The van der Waals surface area contributed by atoms with E-state index in [0.717, 1.165) is 46.0 Å². The largest absolute Gasteiger partial charge is 0.331 e. The third kappa shape index (κ3) is 5.16. The normalized spacial score (nSPS) is 11.3. The smallest absolute Gasteiger partial charge is 0.255 e. The number of carbonyl (C=O) groups is 1. The number of nitrogens with one attached hydrogen (secondary N) is 2. The second kappa shape index (κ2) is 10.2. The highest BCUT2D eigenvalue weighted by Gasteiger charge is 2.22. The molecule has 34 heavy (non-hydrogen) atoms. The number of amides is 1. The van der Waals surface area contributed by atoms with Crippen LogP contribution in [0.5, 0.6) is 0 Å². The zero-order valence-corrected chi connectivity index (χ0v) is 20.4. The molecule has 0 radical (unpaired) electrons. The lowest BCUT2D eigenvalue weighted by atomic mass is 9.85. The van der Waals surface area contributed by atoms with E-state index in [-0.39, 0.29) is 11.4 Å². The summed E-state index contributed by atoms with van der Waals surface area (Å²) in [7, 11) is 0. The highest BCUT2D eigenvalue weighted by molar-refractivity contribution is 7.14. The van der Waals surface area contributed by atoms with Gasteiger partial charge in [-0.05, 0) is 67.3 Å². The van der Waals surface area contributed by atoms with Crippen LogP contribution in [0.1, 0.15) is 48.2 Å². The fraction of sp³-hybridized carbons (Fsp3) is 0.222. The number of rotatable bonds is 8. The molecule has 4 aromatic rings. The van der Waals surface area contributed by atoms with Crippen LogP contribution < -0.4 is 16.4 Å². The predicted octanol–water partition coefficient (Wildman–Crippen LogP) is 6.48. The van der Waals surface area contributed by atoms with Gasteiger partial charge in [0.2, 0.25) is 0 Å². The number of hydrogen-bond donors (Lipinski definition) is 3. The van der Waals surface area contributed by atoms with Gasteiger partial charge in [-0.3, -0.25) is 9.78 Å². The number of benzene rings is 2. The van der Waals surface area contributed by atoms with E-state index in [4.69, 9.17) is 5.73 Å². The maximum absolute atomic E-state index is 12.8. The van der Waals surface area contributed by atoms with E-state index in [9.17, 15) is 4.79 Å². The van der Waals surface area contributed by atoms with Gasteiger partial charge in [-0.1, -0.05) is 32.0 Å². The number of thiazole rings is 1. The Hall–Kier alpha value is -3.55. The minimum Gasteiger partial charge on any atom is -0.331 e. The van der Waals surface area contributed by atoms with Crippen molar-refractivity contribution in [2.45, 2.75) is 39.2 Å². The first-order valence-electron chi connectivity index (χ1n) is 11.4. The summed E-state index contributed by atoms with van der Waals surface area (Å²) in [5.74, 6) is -0.162. The van der Waals surface area contributed by atoms with Crippen molar-refractivity contribution < 1.29 is 4.79 Å². The van der Waals surface area contributed by atoms with Crippen LogP contribution in [-0.4, -0.2) is 15.9 Å². The summed E-state index contributed by atoms with van der Waals surface area (Å²) >= 11 is 1.52. The van der Waals surface area contributed by atoms with Crippen LogP contribution in [0.2, 0.25) is 0 Å². The van der Waals surface area contributed by atoms with Crippen molar-refractivity contribution in [3.05, 3.63) is 89.1 Å². The number of nitrogens with zero attached hydrogens (tertiary/aromatic N) is 2. The third-order valence-corrected chi connectivity index (χ3v) is 6.94. The lowest BCUT2D eigenvalue weighted by Gasteiger charge is -2.27. The molecule has 4 rings (SSSR count). The summed E-state index contributed by atoms with van der Waals surface area (Å²) in [4.78, 5) is 21.7. The molecule has 1 amide bonds. The van der Waals surface area contributed by atoms with Crippen molar-refractivity contribution in [3.63, 3.8) is 0 Å². The molecule has 0 atom stereocenters. The van der Waals surface area contributed by atoms with Gasteiger partial charge >= 0.3 is 0 Å². The number of pyridine rings is 1. The summed E-state index contributed by atoms with van der Waals surface area (Å²) in [6, 6.07) is 17.2. The maximum Gasteiger partial charge on any atom is 0.255 e.